The second-order valence-electron chi connectivity index (χ2n) is 9.15. The number of sulfonamides is 1. The van der Waals surface area contributed by atoms with Crippen LogP contribution < -0.4 is 4.74 Å². The largest absolute Gasteiger partial charge is 0.493 e. The molecule has 2 aliphatic rings. The number of rotatable bonds is 10. The second kappa shape index (κ2) is 13.1. The van der Waals surface area contributed by atoms with Crippen LogP contribution in [0.2, 0.25) is 5.02 Å². The van der Waals surface area contributed by atoms with E-state index in [9.17, 15) is 8.42 Å². The van der Waals surface area contributed by atoms with Crippen LogP contribution in [0.1, 0.15) is 56.9 Å². The third-order valence-corrected chi connectivity index (χ3v) is 8.94. The summed E-state index contributed by atoms with van der Waals surface area (Å²) in [4.78, 5) is 2.80. The number of hydrogen-bond acceptors (Lipinski definition) is 4. The van der Waals surface area contributed by atoms with Gasteiger partial charge in [-0.1, -0.05) is 49.1 Å². The molecule has 0 N–H and O–H groups in total. The molecule has 4 rings (SSSR count). The van der Waals surface area contributed by atoms with Crippen molar-refractivity contribution >= 4 is 34.0 Å². The number of nitrogens with zero attached hydrogens (tertiary/aromatic N) is 2. The van der Waals surface area contributed by atoms with Gasteiger partial charge in [-0.05, 0) is 75.5 Å². The molecule has 5 nitrogen and oxygen atoms in total. The molecular formula is C26H36Cl2N2O3S. The van der Waals surface area contributed by atoms with E-state index in [0.29, 0.717) is 23.1 Å². The number of likely N-dealkylation sites (tertiary alicyclic amines) is 1. The van der Waals surface area contributed by atoms with Crippen LogP contribution in [0.25, 0.3) is 0 Å². The molecule has 0 unspecified atom stereocenters. The van der Waals surface area contributed by atoms with Crippen LogP contribution in [0.3, 0.4) is 0 Å². The lowest BCUT2D eigenvalue weighted by molar-refractivity contribution is 0.204. The average molecular weight is 528 g/mol. The summed E-state index contributed by atoms with van der Waals surface area (Å²) in [6.07, 6.45) is 8.82. The summed E-state index contributed by atoms with van der Waals surface area (Å²) in [5.74, 6) is 0.783. The summed E-state index contributed by atoms with van der Waals surface area (Å²) in [7, 11) is -3.64. The van der Waals surface area contributed by atoms with E-state index in [0.717, 1.165) is 50.0 Å². The van der Waals surface area contributed by atoms with Crippen molar-refractivity contribution < 1.29 is 13.2 Å². The van der Waals surface area contributed by atoms with Crippen molar-refractivity contribution in [1.29, 1.82) is 0 Å². The molecule has 0 bridgehead atoms. The highest BCUT2D eigenvalue weighted by molar-refractivity contribution is 7.89. The van der Waals surface area contributed by atoms with Gasteiger partial charge in [0.1, 0.15) is 5.75 Å². The fourth-order valence-corrected chi connectivity index (χ4v) is 6.73. The Morgan fingerprint density at radius 1 is 0.941 bits per heavy atom. The smallest absolute Gasteiger partial charge is 0.243 e. The maximum absolute atomic E-state index is 13.6. The molecule has 2 aromatic rings. The number of para-hydroxylation sites is 1. The normalized spacial score (nSPS) is 17.6. The van der Waals surface area contributed by atoms with Crippen LogP contribution >= 0.6 is 24.0 Å². The summed E-state index contributed by atoms with van der Waals surface area (Å²) in [6.45, 7) is 4.39. The molecular weight excluding hydrogens is 491 g/mol. The maximum Gasteiger partial charge on any atom is 0.243 e. The summed E-state index contributed by atoms with van der Waals surface area (Å²) in [5, 5.41) is 0.532. The van der Waals surface area contributed by atoms with Crippen LogP contribution in [0, 0.1) is 0 Å². The zero-order valence-corrected chi connectivity index (χ0v) is 22.1. The van der Waals surface area contributed by atoms with E-state index in [2.05, 4.69) is 4.90 Å². The fourth-order valence-electron chi connectivity index (χ4n) is 4.94. The number of ether oxygens (including phenoxy) is 1. The monoisotopic (exact) mass is 526 g/mol. The Balaban J connectivity index is 0.00000324. The van der Waals surface area contributed by atoms with Gasteiger partial charge in [-0.3, -0.25) is 0 Å². The highest BCUT2D eigenvalue weighted by atomic mass is 35.5. The Morgan fingerprint density at radius 3 is 2.32 bits per heavy atom. The van der Waals surface area contributed by atoms with Gasteiger partial charge in [0.2, 0.25) is 10.0 Å². The quantitative estimate of drug-likeness (QED) is 0.348. The summed E-state index contributed by atoms with van der Waals surface area (Å²) in [6, 6.07) is 14.3. The summed E-state index contributed by atoms with van der Waals surface area (Å²) < 4.78 is 35.1. The second-order valence-corrected chi connectivity index (χ2v) is 11.5. The van der Waals surface area contributed by atoms with Gasteiger partial charge in [0.15, 0.2) is 0 Å². The number of hydrogen-bond donors (Lipinski definition) is 0. The minimum atomic E-state index is -3.64. The van der Waals surface area contributed by atoms with Crippen LogP contribution in [0.5, 0.6) is 5.75 Å². The Labute approximate surface area is 215 Å². The molecule has 0 aromatic heterocycles. The van der Waals surface area contributed by atoms with Gasteiger partial charge in [-0.15, -0.1) is 12.4 Å². The van der Waals surface area contributed by atoms with Crippen LogP contribution in [0.4, 0.5) is 0 Å². The van der Waals surface area contributed by atoms with E-state index in [4.69, 9.17) is 16.3 Å². The Bertz CT molecular complexity index is 989. The first kappa shape index (κ1) is 27.3. The number of benzene rings is 2. The highest BCUT2D eigenvalue weighted by Gasteiger charge is 2.34. The number of piperidine rings is 1. The lowest BCUT2D eigenvalue weighted by atomic mass is 10.1. The van der Waals surface area contributed by atoms with E-state index < -0.39 is 10.0 Å². The van der Waals surface area contributed by atoms with Gasteiger partial charge in [-0.25, -0.2) is 8.42 Å². The molecule has 0 amide bonds. The molecule has 0 spiro atoms. The summed E-state index contributed by atoms with van der Waals surface area (Å²) in [5.41, 5.74) is 0.917. The molecule has 1 aliphatic heterocycles. The van der Waals surface area contributed by atoms with E-state index in [1.54, 1.807) is 28.6 Å². The van der Waals surface area contributed by atoms with E-state index in [-0.39, 0.29) is 18.4 Å². The molecule has 8 heteroatoms. The van der Waals surface area contributed by atoms with Crippen molar-refractivity contribution in [2.75, 3.05) is 26.2 Å². The van der Waals surface area contributed by atoms with E-state index in [1.165, 1.54) is 32.4 Å². The van der Waals surface area contributed by atoms with Gasteiger partial charge >= 0.3 is 0 Å². The minimum Gasteiger partial charge on any atom is -0.493 e. The summed E-state index contributed by atoms with van der Waals surface area (Å²) >= 11 is 6.00. The topological polar surface area (TPSA) is 49.9 Å². The van der Waals surface area contributed by atoms with Crippen molar-refractivity contribution in [2.45, 2.75) is 68.8 Å². The Morgan fingerprint density at radius 2 is 1.62 bits per heavy atom. The van der Waals surface area contributed by atoms with Gasteiger partial charge < -0.3 is 9.64 Å². The predicted molar refractivity (Wildman–Crippen MR) is 141 cm³/mol. The van der Waals surface area contributed by atoms with Gasteiger partial charge in [-0.2, -0.15) is 4.31 Å². The molecule has 188 valence electrons. The van der Waals surface area contributed by atoms with E-state index >= 15 is 0 Å². The lowest BCUT2D eigenvalue weighted by Crippen LogP contribution is -2.38. The van der Waals surface area contributed by atoms with Crippen molar-refractivity contribution in [3.8, 4) is 5.75 Å². The first-order valence-corrected chi connectivity index (χ1v) is 14.1. The fraction of sp³-hybridized carbons (Fsp3) is 0.538. The Hall–Kier alpha value is -1.31. The molecule has 1 aliphatic carbocycles. The standard InChI is InChI=1S/C26H35ClN2O3S.ClH/c27-23-13-15-25(16-14-23)33(30,31)29(24-10-3-4-11-24)21-22-9-2-5-12-26(22)32-20-8-19-28-17-6-1-7-18-28;/h2,5,9,12-16,24H,1,3-4,6-8,10-11,17-21H2;1H. The lowest BCUT2D eigenvalue weighted by Gasteiger charge is -2.29. The molecule has 2 fully saturated rings. The average Bonchev–Trinajstić information content (AvgIpc) is 3.36. The Kier molecular flexibility index (Phi) is 10.5. The van der Waals surface area contributed by atoms with Crippen molar-refractivity contribution in [3.05, 3.63) is 59.1 Å². The van der Waals surface area contributed by atoms with Gasteiger partial charge in [0.25, 0.3) is 0 Å². The third kappa shape index (κ3) is 7.11. The van der Waals surface area contributed by atoms with Crippen LogP contribution in [-0.4, -0.2) is 49.9 Å². The zero-order chi connectivity index (χ0) is 23.1. The SMILES string of the molecule is Cl.O=S(=O)(c1ccc(Cl)cc1)N(Cc1ccccc1OCCCN1CCCCC1)C1CCCC1. The molecule has 1 saturated carbocycles. The number of halogens is 2. The van der Waals surface area contributed by atoms with Crippen molar-refractivity contribution in [2.24, 2.45) is 0 Å². The maximum atomic E-state index is 13.6. The zero-order valence-electron chi connectivity index (χ0n) is 19.7. The molecule has 0 radical (unpaired) electrons. The highest BCUT2D eigenvalue weighted by Crippen LogP contribution is 2.32. The van der Waals surface area contributed by atoms with Crippen LogP contribution in [-0.2, 0) is 16.6 Å². The molecule has 1 saturated heterocycles. The first-order valence-electron chi connectivity index (χ1n) is 12.2. The third-order valence-electron chi connectivity index (χ3n) is 6.78. The predicted octanol–water partition coefficient (Wildman–Crippen LogP) is 6.15. The van der Waals surface area contributed by atoms with Crippen molar-refractivity contribution in [3.63, 3.8) is 0 Å². The van der Waals surface area contributed by atoms with Gasteiger partial charge in [0, 0.05) is 29.7 Å². The minimum absolute atomic E-state index is 0. The molecule has 2 aromatic carbocycles. The first-order chi connectivity index (χ1) is 16.0. The van der Waals surface area contributed by atoms with Gasteiger partial charge in [0.05, 0.1) is 11.5 Å². The molecule has 1 heterocycles. The van der Waals surface area contributed by atoms with Crippen molar-refractivity contribution in [1.82, 2.24) is 9.21 Å². The molecule has 34 heavy (non-hydrogen) atoms. The van der Waals surface area contributed by atoms with Crippen LogP contribution in [0.15, 0.2) is 53.4 Å². The molecule has 0 atom stereocenters. The van der Waals surface area contributed by atoms with E-state index in [1.807, 2.05) is 24.3 Å².